The highest BCUT2D eigenvalue weighted by atomic mass is 16.5. The normalized spacial score (nSPS) is 13.0. The first-order chi connectivity index (χ1) is 9.19. The number of amidine groups is 1. The van der Waals surface area contributed by atoms with Gasteiger partial charge in [-0.2, -0.15) is 0 Å². The van der Waals surface area contributed by atoms with Crippen molar-refractivity contribution in [3.63, 3.8) is 0 Å². The third-order valence-corrected chi connectivity index (χ3v) is 2.53. The maximum Gasteiger partial charge on any atom is 0.223 e. The SMILES string of the molecule is CCOCCC(=O)NC(C(N)=NO)c1ccccc1. The molecule has 0 aliphatic carbocycles. The molecule has 0 saturated heterocycles. The first-order valence-electron chi connectivity index (χ1n) is 6.08. The number of nitrogens with two attached hydrogens (primary N) is 1. The van der Waals surface area contributed by atoms with Crippen LogP contribution in [0.1, 0.15) is 24.9 Å². The lowest BCUT2D eigenvalue weighted by molar-refractivity contribution is -0.122. The van der Waals surface area contributed by atoms with E-state index in [-0.39, 0.29) is 18.2 Å². The number of amides is 1. The summed E-state index contributed by atoms with van der Waals surface area (Å²) in [6.07, 6.45) is 0.232. The summed E-state index contributed by atoms with van der Waals surface area (Å²) in [6, 6.07) is 8.44. The Hall–Kier alpha value is -2.08. The van der Waals surface area contributed by atoms with E-state index in [1.54, 1.807) is 12.1 Å². The van der Waals surface area contributed by atoms with E-state index in [1.807, 2.05) is 25.1 Å². The van der Waals surface area contributed by atoms with E-state index >= 15 is 0 Å². The molecule has 4 N–H and O–H groups in total. The molecule has 0 fully saturated rings. The fraction of sp³-hybridized carbons (Fsp3) is 0.385. The molecule has 0 heterocycles. The number of hydrogen-bond donors (Lipinski definition) is 3. The van der Waals surface area contributed by atoms with E-state index in [0.29, 0.717) is 13.2 Å². The van der Waals surface area contributed by atoms with Crippen LogP contribution in [0.25, 0.3) is 0 Å². The molecule has 1 unspecified atom stereocenters. The van der Waals surface area contributed by atoms with Crippen LogP contribution in [0.15, 0.2) is 35.5 Å². The Morgan fingerprint density at radius 2 is 2.16 bits per heavy atom. The van der Waals surface area contributed by atoms with Crippen LogP contribution in [-0.2, 0) is 9.53 Å². The van der Waals surface area contributed by atoms with Gasteiger partial charge in [-0.05, 0) is 12.5 Å². The van der Waals surface area contributed by atoms with E-state index < -0.39 is 6.04 Å². The second-order valence-electron chi connectivity index (χ2n) is 3.88. The average Bonchev–Trinajstić information content (AvgIpc) is 2.45. The van der Waals surface area contributed by atoms with Gasteiger partial charge in [0.15, 0.2) is 5.84 Å². The Morgan fingerprint density at radius 1 is 1.47 bits per heavy atom. The van der Waals surface area contributed by atoms with Crippen molar-refractivity contribution in [3.05, 3.63) is 35.9 Å². The maximum absolute atomic E-state index is 11.7. The fourth-order valence-electron chi connectivity index (χ4n) is 1.57. The highest BCUT2D eigenvalue weighted by molar-refractivity contribution is 5.90. The number of ether oxygens (including phenoxy) is 1. The Labute approximate surface area is 112 Å². The lowest BCUT2D eigenvalue weighted by atomic mass is 10.1. The number of oxime groups is 1. The second-order valence-corrected chi connectivity index (χ2v) is 3.88. The molecule has 1 aromatic rings. The molecule has 6 nitrogen and oxygen atoms in total. The van der Waals surface area contributed by atoms with Gasteiger partial charge in [-0.1, -0.05) is 35.5 Å². The van der Waals surface area contributed by atoms with Crippen LogP contribution in [0, 0.1) is 0 Å². The van der Waals surface area contributed by atoms with Crippen LogP contribution in [0.2, 0.25) is 0 Å². The van der Waals surface area contributed by atoms with Gasteiger partial charge < -0.3 is 21.0 Å². The Bertz CT molecular complexity index is 420. The third-order valence-electron chi connectivity index (χ3n) is 2.53. The molecule has 0 radical (unpaired) electrons. The topological polar surface area (TPSA) is 96.9 Å². The summed E-state index contributed by atoms with van der Waals surface area (Å²) in [4.78, 5) is 11.7. The molecule has 19 heavy (non-hydrogen) atoms. The van der Waals surface area contributed by atoms with Gasteiger partial charge in [-0.3, -0.25) is 4.79 Å². The average molecular weight is 265 g/mol. The van der Waals surface area contributed by atoms with Crippen LogP contribution < -0.4 is 11.1 Å². The first kappa shape index (κ1) is 15.0. The van der Waals surface area contributed by atoms with E-state index in [2.05, 4.69) is 10.5 Å². The van der Waals surface area contributed by atoms with Gasteiger partial charge in [0.2, 0.25) is 5.91 Å². The van der Waals surface area contributed by atoms with Gasteiger partial charge in [-0.25, -0.2) is 0 Å². The molecule has 0 saturated carbocycles. The van der Waals surface area contributed by atoms with Crippen molar-refractivity contribution in [2.75, 3.05) is 13.2 Å². The molecule has 0 bridgehead atoms. The Morgan fingerprint density at radius 3 is 2.74 bits per heavy atom. The van der Waals surface area contributed by atoms with Crippen LogP contribution in [0.4, 0.5) is 0 Å². The third kappa shape index (κ3) is 4.97. The van der Waals surface area contributed by atoms with Crippen LogP contribution in [-0.4, -0.2) is 30.2 Å². The predicted octanol–water partition coefficient (Wildman–Crippen LogP) is 1.02. The Kier molecular flexibility index (Phi) is 6.38. The zero-order valence-electron chi connectivity index (χ0n) is 10.9. The standard InChI is InChI=1S/C13H19N3O3/c1-2-19-9-8-11(17)15-12(13(14)16-18)10-6-4-3-5-7-10/h3-7,12,18H,2,8-9H2,1H3,(H2,14,16)(H,15,17). The molecule has 1 atom stereocenters. The second kappa shape index (κ2) is 8.10. The molecule has 6 heteroatoms. The number of carbonyl (C=O) groups is 1. The van der Waals surface area contributed by atoms with E-state index in [4.69, 9.17) is 15.7 Å². The highest BCUT2D eigenvalue weighted by Gasteiger charge is 2.18. The maximum atomic E-state index is 11.7. The fourth-order valence-corrected chi connectivity index (χ4v) is 1.57. The molecule has 1 aromatic carbocycles. The lowest BCUT2D eigenvalue weighted by Crippen LogP contribution is -2.38. The largest absolute Gasteiger partial charge is 0.409 e. The van der Waals surface area contributed by atoms with Crippen molar-refractivity contribution in [2.45, 2.75) is 19.4 Å². The van der Waals surface area contributed by atoms with Crippen molar-refractivity contribution < 1.29 is 14.7 Å². The summed E-state index contributed by atoms with van der Waals surface area (Å²) in [6.45, 7) is 2.77. The lowest BCUT2D eigenvalue weighted by Gasteiger charge is -2.17. The van der Waals surface area contributed by atoms with Gasteiger partial charge in [0.25, 0.3) is 0 Å². The molecule has 0 aromatic heterocycles. The van der Waals surface area contributed by atoms with Crippen molar-refractivity contribution >= 4 is 11.7 Å². The van der Waals surface area contributed by atoms with Crippen LogP contribution >= 0.6 is 0 Å². The summed E-state index contributed by atoms with van der Waals surface area (Å²) in [5, 5.41) is 14.5. The quantitative estimate of drug-likeness (QED) is 0.225. The monoisotopic (exact) mass is 265 g/mol. The first-order valence-corrected chi connectivity index (χ1v) is 6.08. The summed E-state index contributed by atoms with van der Waals surface area (Å²) in [5.41, 5.74) is 6.36. The van der Waals surface area contributed by atoms with Crippen molar-refractivity contribution in [2.24, 2.45) is 10.9 Å². The predicted molar refractivity (Wildman–Crippen MR) is 71.8 cm³/mol. The number of nitrogens with zero attached hydrogens (tertiary/aromatic N) is 1. The molecular formula is C13H19N3O3. The summed E-state index contributed by atoms with van der Waals surface area (Å²) >= 11 is 0. The van der Waals surface area contributed by atoms with Gasteiger partial charge >= 0.3 is 0 Å². The number of hydrogen-bond acceptors (Lipinski definition) is 4. The summed E-state index contributed by atoms with van der Waals surface area (Å²) in [5.74, 6) is -0.273. The van der Waals surface area contributed by atoms with E-state index in [1.165, 1.54) is 0 Å². The van der Waals surface area contributed by atoms with Gasteiger partial charge in [-0.15, -0.1) is 0 Å². The molecule has 0 spiro atoms. The molecule has 1 rings (SSSR count). The van der Waals surface area contributed by atoms with Crippen molar-refractivity contribution in [1.29, 1.82) is 0 Å². The summed E-state index contributed by atoms with van der Waals surface area (Å²) < 4.78 is 5.11. The smallest absolute Gasteiger partial charge is 0.223 e. The van der Waals surface area contributed by atoms with Crippen molar-refractivity contribution in [3.8, 4) is 0 Å². The summed E-state index contributed by atoms with van der Waals surface area (Å²) in [7, 11) is 0. The van der Waals surface area contributed by atoms with E-state index in [0.717, 1.165) is 5.56 Å². The molecular weight excluding hydrogens is 246 g/mol. The molecule has 0 aliphatic rings. The van der Waals surface area contributed by atoms with Crippen molar-refractivity contribution in [1.82, 2.24) is 5.32 Å². The number of nitrogens with one attached hydrogen (secondary N) is 1. The molecule has 104 valence electrons. The number of rotatable bonds is 7. The van der Waals surface area contributed by atoms with Gasteiger partial charge in [0.05, 0.1) is 6.61 Å². The zero-order chi connectivity index (χ0) is 14.1. The highest BCUT2D eigenvalue weighted by Crippen LogP contribution is 2.12. The van der Waals surface area contributed by atoms with Gasteiger partial charge in [0.1, 0.15) is 6.04 Å². The van der Waals surface area contributed by atoms with Gasteiger partial charge in [0, 0.05) is 13.0 Å². The van der Waals surface area contributed by atoms with E-state index in [9.17, 15) is 4.79 Å². The molecule has 1 amide bonds. The van der Waals surface area contributed by atoms with Crippen LogP contribution in [0.3, 0.4) is 0 Å². The zero-order valence-corrected chi connectivity index (χ0v) is 10.9. The number of carbonyl (C=O) groups excluding carboxylic acids is 1. The minimum Gasteiger partial charge on any atom is -0.409 e. The Balaban J connectivity index is 2.69. The van der Waals surface area contributed by atoms with Crippen LogP contribution in [0.5, 0.6) is 0 Å². The minimum absolute atomic E-state index is 0.0593. The minimum atomic E-state index is -0.639. The number of benzene rings is 1. The molecule has 0 aliphatic heterocycles.